The third-order valence-corrected chi connectivity index (χ3v) is 2.23. The largest absolute Gasteiger partial charge is 0.496 e. The van der Waals surface area contributed by atoms with Gasteiger partial charge in [-0.15, -0.1) is 0 Å². The number of halogens is 2. The maximum absolute atomic E-state index is 13.5. The lowest BCUT2D eigenvalue weighted by Crippen LogP contribution is -2.02. The summed E-state index contributed by atoms with van der Waals surface area (Å²) >= 11 is 0. The molecule has 0 aliphatic rings. The minimum Gasteiger partial charge on any atom is -0.496 e. The van der Waals surface area contributed by atoms with Crippen LogP contribution < -0.4 is 4.74 Å². The molecule has 1 N–H and O–H groups in total. The molecule has 0 bridgehead atoms. The Balaban J connectivity index is 2.87. The SMILES string of the molecule is COc1cc(C(=O)O)nc2cc(F)cc(F)c12. The molecule has 0 radical (unpaired) electrons. The Morgan fingerprint density at radius 2 is 2.06 bits per heavy atom. The van der Waals surface area contributed by atoms with Crippen LogP contribution in [-0.4, -0.2) is 23.2 Å². The second kappa shape index (κ2) is 3.97. The zero-order valence-electron chi connectivity index (χ0n) is 8.70. The number of carbonyl (C=O) groups is 1. The van der Waals surface area contributed by atoms with Crippen molar-refractivity contribution in [2.45, 2.75) is 0 Å². The summed E-state index contributed by atoms with van der Waals surface area (Å²) in [7, 11) is 1.27. The fourth-order valence-corrected chi connectivity index (χ4v) is 1.52. The van der Waals surface area contributed by atoms with Crippen molar-refractivity contribution in [3.63, 3.8) is 0 Å². The molecule has 2 aromatic rings. The van der Waals surface area contributed by atoms with Crippen molar-refractivity contribution in [1.82, 2.24) is 4.98 Å². The van der Waals surface area contributed by atoms with E-state index in [0.717, 1.165) is 12.1 Å². The van der Waals surface area contributed by atoms with E-state index in [1.54, 1.807) is 0 Å². The molecule has 6 heteroatoms. The van der Waals surface area contributed by atoms with Crippen LogP contribution in [0.2, 0.25) is 0 Å². The van der Waals surface area contributed by atoms with Crippen molar-refractivity contribution < 1.29 is 23.4 Å². The predicted octanol–water partition coefficient (Wildman–Crippen LogP) is 2.22. The van der Waals surface area contributed by atoms with Crippen molar-refractivity contribution in [3.05, 3.63) is 35.5 Å². The molecule has 1 aromatic heterocycles. The van der Waals surface area contributed by atoms with E-state index < -0.39 is 17.6 Å². The van der Waals surface area contributed by atoms with Crippen LogP contribution in [0.3, 0.4) is 0 Å². The van der Waals surface area contributed by atoms with Gasteiger partial charge in [-0.05, 0) is 0 Å². The van der Waals surface area contributed by atoms with Crippen LogP contribution in [0.25, 0.3) is 10.9 Å². The van der Waals surface area contributed by atoms with Crippen LogP contribution in [-0.2, 0) is 0 Å². The van der Waals surface area contributed by atoms with Gasteiger partial charge >= 0.3 is 5.97 Å². The smallest absolute Gasteiger partial charge is 0.354 e. The fraction of sp³-hybridized carbons (Fsp3) is 0.0909. The molecular formula is C11H7F2NO3. The number of hydrogen-bond acceptors (Lipinski definition) is 3. The second-order valence-electron chi connectivity index (χ2n) is 3.30. The number of carboxylic acids is 1. The Hall–Kier alpha value is -2.24. The Labute approximate surface area is 94.5 Å². The molecule has 2 rings (SSSR count). The van der Waals surface area contributed by atoms with Crippen molar-refractivity contribution in [2.24, 2.45) is 0 Å². The van der Waals surface area contributed by atoms with Gasteiger partial charge in [-0.1, -0.05) is 0 Å². The van der Waals surface area contributed by atoms with Gasteiger partial charge in [-0.2, -0.15) is 0 Å². The van der Waals surface area contributed by atoms with Crippen molar-refractivity contribution in [1.29, 1.82) is 0 Å². The predicted molar refractivity (Wildman–Crippen MR) is 55.2 cm³/mol. The molecule has 0 aliphatic heterocycles. The lowest BCUT2D eigenvalue weighted by molar-refractivity contribution is 0.0690. The Bertz CT molecular complexity index is 613. The van der Waals surface area contributed by atoms with Gasteiger partial charge in [0.05, 0.1) is 18.0 Å². The van der Waals surface area contributed by atoms with Crippen LogP contribution in [0.5, 0.6) is 5.75 Å². The number of rotatable bonds is 2. The number of benzene rings is 1. The summed E-state index contributed by atoms with van der Waals surface area (Å²) in [5.74, 6) is -2.96. The van der Waals surface area contributed by atoms with Crippen LogP contribution in [0, 0.1) is 11.6 Å². The summed E-state index contributed by atoms with van der Waals surface area (Å²) in [6, 6.07) is 2.73. The molecule has 0 saturated carbocycles. The van der Waals surface area contributed by atoms with E-state index in [4.69, 9.17) is 9.84 Å². The summed E-state index contributed by atoms with van der Waals surface area (Å²) in [4.78, 5) is 14.4. The highest BCUT2D eigenvalue weighted by Crippen LogP contribution is 2.28. The first-order chi connectivity index (χ1) is 8.02. The van der Waals surface area contributed by atoms with Gasteiger partial charge in [0, 0.05) is 18.2 Å². The van der Waals surface area contributed by atoms with Gasteiger partial charge in [-0.25, -0.2) is 18.6 Å². The van der Waals surface area contributed by atoms with Crippen LogP contribution in [0.4, 0.5) is 8.78 Å². The number of aromatic nitrogens is 1. The fourth-order valence-electron chi connectivity index (χ4n) is 1.52. The molecule has 0 atom stereocenters. The van der Waals surface area contributed by atoms with E-state index in [2.05, 4.69) is 4.98 Å². The van der Waals surface area contributed by atoms with E-state index in [0.29, 0.717) is 6.07 Å². The van der Waals surface area contributed by atoms with Gasteiger partial charge < -0.3 is 9.84 Å². The molecule has 0 amide bonds. The highest BCUT2D eigenvalue weighted by atomic mass is 19.1. The Morgan fingerprint density at radius 3 is 2.65 bits per heavy atom. The molecular weight excluding hydrogens is 232 g/mol. The molecule has 0 fully saturated rings. The quantitative estimate of drug-likeness (QED) is 0.872. The first-order valence-electron chi connectivity index (χ1n) is 4.60. The van der Waals surface area contributed by atoms with Crippen LogP contribution in [0.15, 0.2) is 18.2 Å². The van der Waals surface area contributed by atoms with E-state index in [1.165, 1.54) is 7.11 Å². The lowest BCUT2D eigenvalue weighted by atomic mass is 10.1. The molecule has 88 valence electrons. The average molecular weight is 239 g/mol. The maximum atomic E-state index is 13.5. The molecule has 0 saturated heterocycles. The normalized spacial score (nSPS) is 10.5. The van der Waals surface area contributed by atoms with Crippen molar-refractivity contribution in [3.8, 4) is 5.75 Å². The third kappa shape index (κ3) is 1.89. The van der Waals surface area contributed by atoms with Crippen molar-refractivity contribution >= 4 is 16.9 Å². The zero-order chi connectivity index (χ0) is 12.6. The zero-order valence-corrected chi connectivity index (χ0v) is 8.70. The average Bonchev–Trinajstić information content (AvgIpc) is 2.26. The topological polar surface area (TPSA) is 59.4 Å². The van der Waals surface area contributed by atoms with Crippen LogP contribution in [0.1, 0.15) is 10.5 Å². The summed E-state index contributed by atoms with van der Waals surface area (Å²) in [5.41, 5.74) is -0.432. The molecule has 0 unspecified atom stereocenters. The minimum atomic E-state index is -1.30. The number of methoxy groups -OCH3 is 1. The number of nitrogens with zero attached hydrogens (tertiary/aromatic N) is 1. The molecule has 1 heterocycles. The lowest BCUT2D eigenvalue weighted by Gasteiger charge is -2.07. The van der Waals surface area contributed by atoms with E-state index in [-0.39, 0.29) is 22.3 Å². The number of aromatic carboxylic acids is 1. The van der Waals surface area contributed by atoms with E-state index >= 15 is 0 Å². The van der Waals surface area contributed by atoms with E-state index in [1.807, 2.05) is 0 Å². The Kier molecular flexibility index (Phi) is 2.63. The third-order valence-electron chi connectivity index (χ3n) is 2.23. The van der Waals surface area contributed by atoms with Crippen LogP contribution >= 0.6 is 0 Å². The van der Waals surface area contributed by atoms with Gasteiger partial charge in [0.1, 0.15) is 17.4 Å². The number of pyridine rings is 1. The van der Waals surface area contributed by atoms with Gasteiger partial charge in [-0.3, -0.25) is 0 Å². The van der Waals surface area contributed by atoms with E-state index in [9.17, 15) is 13.6 Å². The summed E-state index contributed by atoms with van der Waals surface area (Å²) < 4.78 is 31.4. The maximum Gasteiger partial charge on any atom is 0.354 e. The molecule has 4 nitrogen and oxygen atoms in total. The highest BCUT2D eigenvalue weighted by Gasteiger charge is 2.15. The van der Waals surface area contributed by atoms with Crippen molar-refractivity contribution in [2.75, 3.05) is 7.11 Å². The van der Waals surface area contributed by atoms with Gasteiger partial charge in [0.2, 0.25) is 0 Å². The first kappa shape index (κ1) is 11.3. The number of fused-ring (bicyclic) bond motifs is 1. The first-order valence-corrected chi connectivity index (χ1v) is 4.60. The highest BCUT2D eigenvalue weighted by molar-refractivity contribution is 5.93. The molecule has 17 heavy (non-hydrogen) atoms. The summed E-state index contributed by atoms with van der Waals surface area (Å²) in [6.45, 7) is 0. The number of ether oxygens (including phenoxy) is 1. The number of carboxylic acid groups (broad SMARTS) is 1. The standard InChI is InChI=1S/C11H7F2NO3/c1-17-9-4-8(11(15)16)14-7-3-5(12)2-6(13)10(7)9/h2-4H,1H3,(H,15,16). The van der Waals surface area contributed by atoms with Gasteiger partial charge in [0.15, 0.2) is 5.69 Å². The minimum absolute atomic E-state index is 0.00454. The number of hydrogen-bond donors (Lipinski definition) is 1. The molecule has 0 aliphatic carbocycles. The Morgan fingerprint density at radius 1 is 1.35 bits per heavy atom. The second-order valence-corrected chi connectivity index (χ2v) is 3.30. The summed E-state index contributed by atoms with van der Waals surface area (Å²) in [5, 5.41) is 8.75. The molecule has 1 aromatic carbocycles. The molecule has 0 spiro atoms. The monoisotopic (exact) mass is 239 g/mol. The van der Waals surface area contributed by atoms with Gasteiger partial charge in [0.25, 0.3) is 0 Å². The summed E-state index contributed by atoms with van der Waals surface area (Å²) in [6.07, 6.45) is 0.